The third-order valence-electron chi connectivity index (χ3n) is 11.6. The van der Waals surface area contributed by atoms with E-state index in [-0.39, 0.29) is 19.1 Å². The molecule has 7 rings (SSSR count). The fourth-order valence-corrected chi connectivity index (χ4v) is 8.46. The summed E-state index contributed by atoms with van der Waals surface area (Å²) in [6.07, 6.45) is -2.80. The Balaban J connectivity index is 1.20. The molecule has 0 unspecified atom stereocenters. The van der Waals surface area contributed by atoms with Crippen LogP contribution in [-0.2, 0) is 29.3 Å². The van der Waals surface area contributed by atoms with Crippen molar-refractivity contribution in [3.8, 4) is 11.5 Å². The van der Waals surface area contributed by atoms with Crippen molar-refractivity contribution >= 4 is 0 Å². The van der Waals surface area contributed by atoms with E-state index in [9.17, 15) is 24.3 Å². The molecule has 17 nitrogen and oxygen atoms in total. The number of hydrogen-bond acceptors (Lipinski definition) is 13. The number of aliphatic hydroxyl groups excluding tert-OH is 1. The van der Waals surface area contributed by atoms with Crippen molar-refractivity contribution in [3.05, 3.63) is 162 Å². The zero-order valence-corrected chi connectivity index (χ0v) is 34.5. The number of nitrogens with zero attached hydrogens (tertiary/aromatic N) is 3. The fourth-order valence-electron chi connectivity index (χ4n) is 8.46. The molecule has 61 heavy (non-hydrogen) atoms. The van der Waals surface area contributed by atoms with Crippen LogP contribution in [0, 0.1) is 5.92 Å². The highest BCUT2D eigenvalue weighted by molar-refractivity contribution is 5.49. The molecule has 0 spiro atoms. The minimum atomic E-state index is -1.17. The average Bonchev–Trinajstić information content (AvgIpc) is 3.78. The number of rotatable bonds is 17. The van der Waals surface area contributed by atoms with E-state index >= 15 is 0 Å². The van der Waals surface area contributed by atoms with E-state index in [4.69, 9.17) is 33.2 Å². The van der Waals surface area contributed by atoms with Crippen LogP contribution in [0.15, 0.2) is 123 Å². The molecular weight excluding hydrogens is 791 g/mol. The number of hydrogen-bond donors (Lipinski definition) is 3. The van der Waals surface area contributed by atoms with Crippen molar-refractivity contribution < 1.29 is 38.3 Å². The molecule has 3 N–H and O–H groups in total. The molecule has 5 aromatic rings. The normalized spacial score (nSPS) is 24.0. The van der Waals surface area contributed by atoms with Crippen LogP contribution in [-0.4, -0.2) is 115 Å². The van der Waals surface area contributed by atoms with Gasteiger partial charge in [0.05, 0.1) is 26.9 Å². The number of H-pyrrole nitrogens is 2. The summed E-state index contributed by atoms with van der Waals surface area (Å²) >= 11 is 0. The predicted molar refractivity (Wildman–Crippen MR) is 222 cm³/mol. The molecule has 8 atom stereocenters. The van der Waals surface area contributed by atoms with Gasteiger partial charge < -0.3 is 43.2 Å². The van der Waals surface area contributed by atoms with Gasteiger partial charge >= 0.3 is 11.4 Å². The molecule has 2 saturated heterocycles. The molecule has 2 fully saturated rings. The highest BCUT2D eigenvalue weighted by atomic mass is 16.6. The Kier molecular flexibility index (Phi) is 13.5. The van der Waals surface area contributed by atoms with E-state index < -0.39 is 71.1 Å². The van der Waals surface area contributed by atoms with Crippen molar-refractivity contribution in [2.45, 2.75) is 55.0 Å². The Morgan fingerprint density at radius 3 is 1.66 bits per heavy atom. The first-order chi connectivity index (χ1) is 29.5. The molecule has 0 bridgehead atoms. The van der Waals surface area contributed by atoms with E-state index in [2.05, 4.69) is 9.97 Å². The molecule has 17 heteroatoms. The summed E-state index contributed by atoms with van der Waals surface area (Å²) < 4.78 is 45.4. The van der Waals surface area contributed by atoms with Crippen molar-refractivity contribution in [3.63, 3.8) is 0 Å². The summed E-state index contributed by atoms with van der Waals surface area (Å²) in [5.41, 5.74) is -1.11. The van der Waals surface area contributed by atoms with Gasteiger partial charge in [0.15, 0.2) is 12.5 Å². The second kappa shape index (κ2) is 18.9. The molecule has 0 amide bonds. The lowest BCUT2D eigenvalue weighted by Crippen LogP contribution is -2.42. The predicted octanol–water partition coefficient (Wildman–Crippen LogP) is 2.24. The third kappa shape index (κ3) is 8.90. The van der Waals surface area contributed by atoms with E-state index in [1.165, 1.54) is 40.8 Å². The maximum absolute atomic E-state index is 13.2. The molecule has 0 radical (unpaired) electrons. The molecule has 4 heterocycles. The molecule has 0 saturated carbocycles. The Bertz CT molecular complexity index is 2410. The Morgan fingerprint density at radius 2 is 1.16 bits per heavy atom. The molecule has 2 aliphatic heterocycles. The quantitative estimate of drug-likeness (QED) is 0.115. The average molecular weight is 842 g/mol. The van der Waals surface area contributed by atoms with E-state index in [0.29, 0.717) is 24.5 Å². The number of aromatic nitrogens is 4. The van der Waals surface area contributed by atoms with Crippen LogP contribution >= 0.6 is 0 Å². The van der Waals surface area contributed by atoms with Crippen molar-refractivity contribution in [2.75, 3.05) is 55.2 Å². The topological polar surface area (TPSA) is 198 Å². The van der Waals surface area contributed by atoms with Gasteiger partial charge in [-0.1, -0.05) is 54.6 Å². The van der Waals surface area contributed by atoms with Gasteiger partial charge in [-0.25, -0.2) is 9.59 Å². The third-order valence-corrected chi connectivity index (χ3v) is 11.6. The van der Waals surface area contributed by atoms with Gasteiger partial charge in [0, 0.05) is 51.2 Å². The summed E-state index contributed by atoms with van der Waals surface area (Å²) in [6, 6.07) is 27.7. The highest BCUT2D eigenvalue weighted by Gasteiger charge is 2.49. The van der Waals surface area contributed by atoms with Crippen molar-refractivity contribution in [1.82, 2.24) is 24.0 Å². The van der Waals surface area contributed by atoms with Gasteiger partial charge in [-0.2, -0.15) is 0 Å². The largest absolute Gasteiger partial charge is 0.497 e. The summed E-state index contributed by atoms with van der Waals surface area (Å²) in [5, 5.41) is 11.3. The second-order valence-corrected chi connectivity index (χ2v) is 15.1. The lowest BCUT2D eigenvalue weighted by atomic mass is 9.79. The van der Waals surface area contributed by atoms with Gasteiger partial charge in [0.2, 0.25) is 0 Å². The lowest BCUT2D eigenvalue weighted by Gasteiger charge is -2.37. The molecule has 2 aliphatic rings. The minimum Gasteiger partial charge on any atom is -0.497 e. The summed E-state index contributed by atoms with van der Waals surface area (Å²) in [4.78, 5) is 56.2. The molecule has 3 aromatic carbocycles. The fraction of sp³-hybridized carbons (Fsp3) is 0.409. The van der Waals surface area contributed by atoms with Gasteiger partial charge in [0.25, 0.3) is 11.1 Å². The number of benzene rings is 3. The maximum atomic E-state index is 13.2. The van der Waals surface area contributed by atoms with Crippen LogP contribution in [0.25, 0.3) is 0 Å². The van der Waals surface area contributed by atoms with Crippen LogP contribution in [0.5, 0.6) is 11.5 Å². The van der Waals surface area contributed by atoms with Crippen LogP contribution in [0.1, 0.15) is 35.6 Å². The summed E-state index contributed by atoms with van der Waals surface area (Å²) in [7, 11) is 8.06. The Labute approximate surface area is 351 Å². The zero-order chi connectivity index (χ0) is 43.3. The lowest BCUT2D eigenvalue weighted by molar-refractivity contribution is -0.0932. The van der Waals surface area contributed by atoms with Gasteiger partial charge in [0.1, 0.15) is 41.5 Å². The van der Waals surface area contributed by atoms with E-state index in [1.807, 2.05) is 90.8 Å². The summed E-state index contributed by atoms with van der Waals surface area (Å²) in [6.45, 7) is 0.730. The van der Waals surface area contributed by atoms with Gasteiger partial charge in [-0.05, 0) is 61.0 Å². The first kappa shape index (κ1) is 43.4. The van der Waals surface area contributed by atoms with Crippen LogP contribution in [0.4, 0.5) is 0 Å². The highest BCUT2D eigenvalue weighted by Crippen LogP contribution is 2.44. The number of nitrogens with one attached hydrogen (secondary N) is 2. The maximum Gasteiger partial charge on any atom is 0.330 e. The number of aromatic amines is 2. The van der Waals surface area contributed by atoms with Crippen molar-refractivity contribution in [1.29, 1.82) is 0 Å². The first-order valence-corrected chi connectivity index (χ1v) is 19.9. The van der Waals surface area contributed by atoms with Crippen LogP contribution in [0.3, 0.4) is 0 Å². The van der Waals surface area contributed by atoms with E-state index in [0.717, 1.165) is 16.7 Å². The van der Waals surface area contributed by atoms with Crippen LogP contribution < -0.4 is 32.0 Å². The number of methoxy groups -OCH3 is 4. The number of aliphatic hydroxyl groups is 1. The smallest absolute Gasteiger partial charge is 0.330 e. The minimum absolute atomic E-state index is 0.0331. The SMILES string of the molecule is COc1ccc(C(OC[C@H]2O[C@@H](n3ccc(=O)[nH]c3=O)[C@H](OC)[C@@H]2CCN(C)C[C@H]2O[C@@H](n3ccc(=O)[nH]c3=O)[C@H](OC)[C@@H]2O)(c2ccccc2)c2ccc(OC)cc2)cc1. The molecular formula is C44H51N5O12. The molecule has 0 aliphatic carbocycles. The zero-order valence-electron chi connectivity index (χ0n) is 34.5. The standard InChI is InChI=1S/C44H51N5O12/c1-47(25-33-37(52)39(58-5)41(60-33)49-24-21-36(51)46-43(49)54)22-19-32-34(61-40(38(32)57-4)48-23-20-35(50)45-42(48)53)26-59-44(27-9-7-6-8-10-27,28-11-15-30(55-2)16-12-28)29-13-17-31(56-3)18-14-29/h6-18,20-21,23-24,32-34,37-41,52H,19,22,25-26H2,1-5H3,(H,45,50,53)(H,46,51,54)/t32-,33-,34-,37-,38-,39-,40-,41-/m1/s1. The second-order valence-electron chi connectivity index (χ2n) is 15.1. The van der Waals surface area contributed by atoms with Crippen LogP contribution in [0.2, 0.25) is 0 Å². The monoisotopic (exact) mass is 841 g/mol. The Morgan fingerprint density at radius 1 is 0.672 bits per heavy atom. The van der Waals surface area contributed by atoms with Gasteiger partial charge in [-0.3, -0.25) is 28.7 Å². The van der Waals surface area contributed by atoms with Crippen molar-refractivity contribution in [2.24, 2.45) is 5.92 Å². The first-order valence-electron chi connectivity index (χ1n) is 19.9. The van der Waals surface area contributed by atoms with Gasteiger partial charge in [-0.15, -0.1) is 0 Å². The van der Waals surface area contributed by atoms with E-state index in [1.54, 1.807) is 21.3 Å². The molecule has 324 valence electrons. The number of likely N-dealkylation sites (N-methyl/N-ethyl adjacent to an activating group) is 1. The Hall–Kier alpha value is -5.66. The summed E-state index contributed by atoms with van der Waals surface area (Å²) in [5.74, 6) is 0.982. The molecule has 2 aromatic heterocycles. The number of ether oxygens (including phenoxy) is 7.